The number of hydrogen-bond donors (Lipinski definition) is 0. The second kappa shape index (κ2) is 6.39. The third-order valence-corrected chi connectivity index (χ3v) is 3.36. The van der Waals surface area contributed by atoms with Gasteiger partial charge in [-0.2, -0.15) is 26.3 Å². The number of nitrogens with zero attached hydrogens (tertiary/aromatic N) is 4. The maximum absolute atomic E-state index is 11.9. The second-order valence-corrected chi connectivity index (χ2v) is 5.27. The van der Waals surface area contributed by atoms with Gasteiger partial charge in [-0.15, -0.1) is 5.10 Å². The van der Waals surface area contributed by atoms with Gasteiger partial charge in [0.15, 0.2) is 6.61 Å². The average molecular weight is 330 g/mol. The van der Waals surface area contributed by atoms with Gasteiger partial charge in [0.1, 0.15) is 6.33 Å². The van der Waals surface area contributed by atoms with Crippen LogP contribution in [0.1, 0.15) is 13.8 Å². The van der Waals surface area contributed by atoms with E-state index in [2.05, 4.69) is 14.3 Å². The van der Waals surface area contributed by atoms with E-state index in [4.69, 9.17) is 0 Å². The van der Waals surface area contributed by atoms with Crippen LogP contribution < -0.4 is 0 Å². The SMILES string of the molecule is CCN(CC)C(=O)n1cnc(S(=O)(=O)OCC(F)(F)F)n1. The van der Waals surface area contributed by atoms with Crippen molar-refractivity contribution >= 4 is 16.1 Å². The molecule has 0 atom stereocenters. The molecule has 1 amide bonds. The molecule has 0 aliphatic carbocycles. The minimum absolute atomic E-state index is 0.349. The molecule has 0 aromatic carbocycles. The van der Waals surface area contributed by atoms with Crippen LogP contribution in [0.4, 0.5) is 18.0 Å². The molecule has 1 heterocycles. The molecule has 0 aliphatic rings. The van der Waals surface area contributed by atoms with Crippen LogP contribution in [0.2, 0.25) is 0 Å². The lowest BCUT2D eigenvalue weighted by molar-refractivity contribution is -0.152. The zero-order valence-corrected chi connectivity index (χ0v) is 12.0. The summed E-state index contributed by atoms with van der Waals surface area (Å²) in [5.41, 5.74) is 0. The molecule has 0 saturated heterocycles. The maximum Gasteiger partial charge on any atom is 0.413 e. The first kappa shape index (κ1) is 17.4. The predicted octanol–water partition coefficient (Wildman–Crippen LogP) is 0.856. The first-order valence-electron chi connectivity index (χ1n) is 5.77. The van der Waals surface area contributed by atoms with E-state index in [0.29, 0.717) is 17.8 Å². The summed E-state index contributed by atoms with van der Waals surface area (Å²) < 4.78 is 63.1. The lowest BCUT2D eigenvalue weighted by Gasteiger charge is -2.17. The van der Waals surface area contributed by atoms with Crippen molar-refractivity contribution < 1.29 is 30.6 Å². The van der Waals surface area contributed by atoms with Gasteiger partial charge in [-0.25, -0.2) is 9.78 Å². The van der Waals surface area contributed by atoms with Crippen LogP contribution in [-0.4, -0.2) is 60.0 Å². The number of amides is 1. The molecule has 120 valence electrons. The van der Waals surface area contributed by atoms with Gasteiger partial charge in [-0.05, 0) is 13.8 Å². The molecule has 8 nitrogen and oxygen atoms in total. The number of rotatable bonds is 5. The van der Waals surface area contributed by atoms with E-state index in [1.165, 1.54) is 4.90 Å². The Morgan fingerprint density at radius 3 is 2.43 bits per heavy atom. The van der Waals surface area contributed by atoms with Crippen LogP contribution in [0, 0.1) is 0 Å². The van der Waals surface area contributed by atoms with Gasteiger partial charge in [0.2, 0.25) is 0 Å². The molecule has 0 fully saturated rings. The van der Waals surface area contributed by atoms with Crippen molar-refractivity contribution in [1.82, 2.24) is 19.7 Å². The Balaban J connectivity index is 2.90. The van der Waals surface area contributed by atoms with Crippen molar-refractivity contribution in [2.75, 3.05) is 19.7 Å². The first-order valence-corrected chi connectivity index (χ1v) is 7.18. The summed E-state index contributed by atoms with van der Waals surface area (Å²) in [6.07, 6.45) is -4.02. The third-order valence-electron chi connectivity index (χ3n) is 2.30. The van der Waals surface area contributed by atoms with Crippen molar-refractivity contribution in [3.05, 3.63) is 6.33 Å². The van der Waals surface area contributed by atoms with E-state index in [1.54, 1.807) is 13.8 Å². The molecular weight excluding hydrogens is 317 g/mol. The molecule has 21 heavy (non-hydrogen) atoms. The Morgan fingerprint density at radius 2 is 1.95 bits per heavy atom. The summed E-state index contributed by atoms with van der Waals surface area (Å²) in [4.78, 5) is 16.4. The van der Waals surface area contributed by atoms with Gasteiger partial charge in [-0.3, -0.25) is 4.18 Å². The highest BCUT2D eigenvalue weighted by Crippen LogP contribution is 2.17. The Kier molecular flexibility index (Phi) is 5.28. The average Bonchev–Trinajstić information content (AvgIpc) is 2.87. The van der Waals surface area contributed by atoms with Crippen molar-refractivity contribution in [2.45, 2.75) is 25.2 Å². The van der Waals surface area contributed by atoms with Crippen LogP contribution in [0.3, 0.4) is 0 Å². The van der Waals surface area contributed by atoms with E-state index in [9.17, 15) is 26.4 Å². The van der Waals surface area contributed by atoms with Crippen molar-refractivity contribution in [3.8, 4) is 0 Å². The molecule has 0 aliphatic heterocycles. The summed E-state index contributed by atoms with van der Waals surface area (Å²) in [6, 6.07) is -0.648. The minimum Gasteiger partial charge on any atom is -0.323 e. The first-order chi connectivity index (χ1) is 9.60. The van der Waals surface area contributed by atoms with Gasteiger partial charge in [0.25, 0.3) is 5.16 Å². The molecular formula is C9H13F3N4O4S. The molecule has 0 N–H and O–H groups in total. The number of carbonyl (C=O) groups excluding carboxylic acids is 1. The summed E-state index contributed by atoms with van der Waals surface area (Å²) in [7, 11) is -4.78. The molecule has 1 aromatic heterocycles. The summed E-state index contributed by atoms with van der Waals surface area (Å²) in [6.45, 7) is 2.10. The highest BCUT2D eigenvalue weighted by molar-refractivity contribution is 7.86. The molecule has 0 unspecified atom stereocenters. The number of aromatic nitrogens is 3. The summed E-state index contributed by atoms with van der Waals surface area (Å²) >= 11 is 0. The van der Waals surface area contributed by atoms with Crippen LogP contribution in [-0.2, 0) is 14.3 Å². The van der Waals surface area contributed by atoms with Crippen molar-refractivity contribution in [1.29, 1.82) is 0 Å². The van der Waals surface area contributed by atoms with Gasteiger partial charge in [0.05, 0.1) is 0 Å². The number of alkyl halides is 3. The lowest BCUT2D eigenvalue weighted by Crippen LogP contribution is -2.34. The number of hydrogen-bond acceptors (Lipinski definition) is 6. The van der Waals surface area contributed by atoms with E-state index in [1.807, 2.05) is 0 Å². The monoisotopic (exact) mass is 330 g/mol. The van der Waals surface area contributed by atoms with Gasteiger partial charge < -0.3 is 4.90 Å². The van der Waals surface area contributed by atoms with Gasteiger partial charge in [-0.1, -0.05) is 0 Å². The third kappa shape index (κ3) is 4.67. The molecule has 0 spiro atoms. The molecule has 0 radical (unpaired) electrons. The Labute approximate surface area is 118 Å². The smallest absolute Gasteiger partial charge is 0.323 e. The zero-order chi connectivity index (χ0) is 16.3. The largest absolute Gasteiger partial charge is 0.413 e. The highest BCUT2D eigenvalue weighted by atomic mass is 32.2. The highest BCUT2D eigenvalue weighted by Gasteiger charge is 2.33. The second-order valence-electron chi connectivity index (χ2n) is 3.76. The van der Waals surface area contributed by atoms with Gasteiger partial charge >= 0.3 is 22.3 Å². The standard InChI is InChI=1S/C9H13F3N4O4S/c1-3-15(4-2)8(17)16-6-13-7(14-16)21(18,19)20-5-9(10,11)12/h6H,3-5H2,1-2H3. The Hall–Kier alpha value is -1.69. The van der Waals surface area contributed by atoms with E-state index < -0.39 is 34.1 Å². The van der Waals surface area contributed by atoms with Crippen LogP contribution in [0.25, 0.3) is 0 Å². The van der Waals surface area contributed by atoms with Crippen LogP contribution >= 0.6 is 0 Å². The fourth-order valence-corrected chi connectivity index (χ4v) is 2.05. The summed E-state index contributed by atoms with van der Waals surface area (Å²) in [5, 5.41) is 2.33. The zero-order valence-electron chi connectivity index (χ0n) is 11.2. The predicted molar refractivity (Wildman–Crippen MR) is 62.9 cm³/mol. The molecule has 1 rings (SSSR count). The number of carbonyl (C=O) groups is 1. The Morgan fingerprint density at radius 1 is 1.38 bits per heavy atom. The molecule has 12 heteroatoms. The normalized spacial score (nSPS) is 12.4. The minimum atomic E-state index is -4.81. The van der Waals surface area contributed by atoms with Crippen molar-refractivity contribution in [3.63, 3.8) is 0 Å². The van der Waals surface area contributed by atoms with E-state index >= 15 is 0 Å². The van der Waals surface area contributed by atoms with Crippen molar-refractivity contribution in [2.24, 2.45) is 0 Å². The Bertz CT molecular complexity index is 594. The summed E-state index contributed by atoms with van der Waals surface area (Å²) in [5.74, 6) is 0. The van der Waals surface area contributed by atoms with Crippen LogP contribution in [0.5, 0.6) is 0 Å². The molecule has 0 bridgehead atoms. The topological polar surface area (TPSA) is 94.4 Å². The van der Waals surface area contributed by atoms with Crippen LogP contribution in [0.15, 0.2) is 11.5 Å². The fraction of sp³-hybridized carbons (Fsp3) is 0.667. The fourth-order valence-electron chi connectivity index (χ4n) is 1.29. The molecule has 0 saturated carbocycles. The number of halogens is 3. The molecule has 1 aromatic rings. The quantitative estimate of drug-likeness (QED) is 0.743. The van der Waals surface area contributed by atoms with Gasteiger partial charge in [0, 0.05) is 13.1 Å². The van der Waals surface area contributed by atoms with E-state index in [-0.39, 0.29) is 0 Å². The van der Waals surface area contributed by atoms with E-state index in [0.717, 1.165) is 6.33 Å². The lowest BCUT2D eigenvalue weighted by atomic mass is 10.5. The maximum atomic E-state index is 11.9.